The first-order chi connectivity index (χ1) is 15.6. The number of carbonyl (C=O) groups is 2. The SMILES string of the molecule is CC1CCN(c2ccc(NC(=O)c3cccs3)cc2C(=O)NCCN2CCOCC2)CC1. The number of morpholine rings is 1. The average molecular weight is 457 g/mol. The lowest BCUT2D eigenvalue weighted by Gasteiger charge is -2.33. The van der Waals surface area contributed by atoms with Crippen LogP contribution in [-0.2, 0) is 4.74 Å². The maximum Gasteiger partial charge on any atom is 0.265 e. The molecule has 0 atom stereocenters. The molecule has 8 heteroatoms. The number of carbonyl (C=O) groups excluding carboxylic acids is 2. The molecular formula is C24H32N4O3S. The molecule has 172 valence electrons. The number of rotatable bonds is 7. The maximum atomic E-state index is 13.2. The molecule has 2 amide bonds. The summed E-state index contributed by atoms with van der Waals surface area (Å²) >= 11 is 1.40. The molecule has 0 saturated carbocycles. The van der Waals surface area contributed by atoms with Gasteiger partial charge in [-0.25, -0.2) is 0 Å². The van der Waals surface area contributed by atoms with Crippen molar-refractivity contribution in [3.05, 3.63) is 46.2 Å². The fourth-order valence-electron chi connectivity index (χ4n) is 4.17. The molecule has 3 heterocycles. The molecule has 1 aromatic heterocycles. The van der Waals surface area contributed by atoms with Crippen LogP contribution in [-0.4, -0.2) is 69.2 Å². The van der Waals surface area contributed by atoms with E-state index in [0.29, 0.717) is 28.6 Å². The van der Waals surface area contributed by atoms with E-state index in [9.17, 15) is 9.59 Å². The summed E-state index contributed by atoms with van der Waals surface area (Å²) in [5.41, 5.74) is 2.19. The van der Waals surface area contributed by atoms with Gasteiger partial charge in [0.1, 0.15) is 0 Å². The predicted octanol–water partition coefficient (Wildman–Crippen LogP) is 3.30. The van der Waals surface area contributed by atoms with Crippen LogP contribution in [0.5, 0.6) is 0 Å². The Balaban J connectivity index is 1.47. The summed E-state index contributed by atoms with van der Waals surface area (Å²) < 4.78 is 5.39. The van der Waals surface area contributed by atoms with Gasteiger partial charge in [0.15, 0.2) is 0 Å². The van der Waals surface area contributed by atoms with Gasteiger partial charge < -0.3 is 20.3 Å². The molecule has 0 bridgehead atoms. The molecule has 4 rings (SSSR count). The largest absolute Gasteiger partial charge is 0.379 e. The predicted molar refractivity (Wildman–Crippen MR) is 129 cm³/mol. The van der Waals surface area contributed by atoms with Gasteiger partial charge in [-0.05, 0) is 48.4 Å². The van der Waals surface area contributed by atoms with Crippen molar-refractivity contribution < 1.29 is 14.3 Å². The second-order valence-corrected chi connectivity index (χ2v) is 9.49. The number of hydrogen-bond donors (Lipinski definition) is 2. The van der Waals surface area contributed by atoms with Crippen molar-refractivity contribution in [2.75, 3.05) is 62.7 Å². The Kier molecular flexibility index (Phi) is 7.78. The molecule has 2 N–H and O–H groups in total. The number of piperidine rings is 1. The summed E-state index contributed by atoms with van der Waals surface area (Å²) in [5, 5.41) is 7.90. The van der Waals surface area contributed by atoms with E-state index in [0.717, 1.165) is 64.5 Å². The lowest BCUT2D eigenvalue weighted by molar-refractivity contribution is 0.0383. The van der Waals surface area contributed by atoms with Crippen molar-refractivity contribution in [1.82, 2.24) is 10.2 Å². The average Bonchev–Trinajstić information content (AvgIpc) is 3.36. The third-order valence-corrected chi connectivity index (χ3v) is 7.05. The molecular weight excluding hydrogens is 424 g/mol. The summed E-state index contributed by atoms with van der Waals surface area (Å²) in [4.78, 5) is 30.9. The molecule has 2 aliphatic rings. The monoisotopic (exact) mass is 456 g/mol. The maximum absolute atomic E-state index is 13.2. The van der Waals surface area contributed by atoms with E-state index in [4.69, 9.17) is 4.74 Å². The second-order valence-electron chi connectivity index (χ2n) is 8.54. The molecule has 0 unspecified atom stereocenters. The molecule has 2 saturated heterocycles. The van der Waals surface area contributed by atoms with E-state index < -0.39 is 0 Å². The number of nitrogens with one attached hydrogen (secondary N) is 2. The number of benzene rings is 1. The zero-order valence-electron chi connectivity index (χ0n) is 18.6. The van der Waals surface area contributed by atoms with Crippen molar-refractivity contribution in [2.45, 2.75) is 19.8 Å². The van der Waals surface area contributed by atoms with Crippen molar-refractivity contribution >= 4 is 34.5 Å². The highest BCUT2D eigenvalue weighted by Crippen LogP contribution is 2.29. The van der Waals surface area contributed by atoms with Crippen molar-refractivity contribution in [2.24, 2.45) is 5.92 Å². The van der Waals surface area contributed by atoms with Crippen LogP contribution in [0, 0.1) is 5.92 Å². The highest BCUT2D eigenvalue weighted by atomic mass is 32.1. The molecule has 32 heavy (non-hydrogen) atoms. The number of amides is 2. The third kappa shape index (κ3) is 5.88. The molecule has 0 radical (unpaired) electrons. The second kappa shape index (κ2) is 10.9. The van der Waals surface area contributed by atoms with Crippen LogP contribution in [0.25, 0.3) is 0 Å². The molecule has 0 spiro atoms. The number of ether oxygens (including phenoxy) is 1. The fraction of sp³-hybridized carbons (Fsp3) is 0.500. The van der Waals surface area contributed by atoms with E-state index in [1.165, 1.54) is 11.3 Å². The summed E-state index contributed by atoms with van der Waals surface area (Å²) in [5.74, 6) is 0.457. The van der Waals surface area contributed by atoms with Crippen LogP contribution in [0.3, 0.4) is 0 Å². The molecule has 2 aliphatic heterocycles. The smallest absolute Gasteiger partial charge is 0.265 e. The number of nitrogens with zero attached hydrogens (tertiary/aromatic N) is 2. The molecule has 1 aromatic carbocycles. The van der Waals surface area contributed by atoms with Gasteiger partial charge in [-0.2, -0.15) is 0 Å². The highest BCUT2D eigenvalue weighted by Gasteiger charge is 2.22. The standard InChI is InChI=1S/C24H32N4O3S/c1-18-6-9-28(10-7-18)21-5-4-19(26-24(30)22-3-2-16-32-22)17-20(21)23(29)25-8-11-27-12-14-31-15-13-27/h2-5,16-18H,6-15H2,1H3,(H,25,29)(H,26,30). The number of anilines is 2. The molecule has 2 fully saturated rings. The van der Waals surface area contributed by atoms with Crippen LogP contribution in [0.2, 0.25) is 0 Å². The number of thiophene rings is 1. The normalized spacial score (nSPS) is 17.8. The quantitative estimate of drug-likeness (QED) is 0.669. The Bertz CT molecular complexity index is 904. The van der Waals surface area contributed by atoms with Gasteiger partial charge in [-0.15, -0.1) is 11.3 Å². The first kappa shape index (κ1) is 22.8. The van der Waals surface area contributed by atoms with Crippen LogP contribution >= 0.6 is 11.3 Å². The van der Waals surface area contributed by atoms with E-state index in [1.54, 1.807) is 6.07 Å². The van der Waals surface area contributed by atoms with E-state index >= 15 is 0 Å². The van der Waals surface area contributed by atoms with Gasteiger partial charge >= 0.3 is 0 Å². The Labute approximate surface area is 193 Å². The highest BCUT2D eigenvalue weighted by molar-refractivity contribution is 7.12. The topological polar surface area (TPSA) is 73.9 Å². The van der Waals surface area contributed by atoms with Crippen molar-refractivity contribution in [1.29, 1.82) is 0 Å². The van der Waals surface area contributed by atoms with Gasteiger partial charge in [0.05, 0.1) is 23.7 Å². The molecule has 2 aromatic rings. The van der Waals surface area contributed by atoms with Crippen LogP contribution in [0.4, 0.5) is 11.4 Å². The summed E-state index contributed by atoms with van der Waals surface area (Å²) in [7, 11) is 0. The van der Waals surface area contributed by atoms with Crippen molar-refractivity contribution in [3.8, 4) is 0 Å². The fourth-order valence-corrected chi connectivity index (χ4v) is 4.79. The summed E-state index contributed by atoms with van der Waals surface area (Å²) in [6.45, 7) is 8.84. The minimum absolute atomic E-state index is 0.0981. The lowest BCUT2D eigenvalue weighted by Crippen LogP contribution is -2.41. The lowest BCUT2D eigenvalue weighted by atomic mass is 9.97. The minimum atomic E-state index is -0.154. The Morgan fingerprint density at radius 2 is 1.88 bits per heavy atom. The zero-order valence-corrected chi connectivity index (χ0v) is 19.5. The van der Waals surface area contributed by atoms with Gasteiger partial charge in [-0.3, -0.25) is 14.5 Å². The third-order valence-electron chi connectivity index (χ3n) is 6.19. The molecule has 7 nitrogen and oxygen atoms in total. The van der Waals surface area contributed by atoms with Crippen LogP contribution in [0.15, 0.2) is 35.7 Å². The van der Waals surface area contributed by atoms with Gasteiger partial charge in [0, 0.05) is 50.6 Å². The van der Waals surface area contributed by atoms with E-state index in [2.05, 4.69) is 27.4 Å². The minimum Gasteiger partial charge on any atom is -0.379 e. The van der Waals surface area contributed by atoms with Crippen LogP contribution in [0.1, 0.15) is 39.8 Å². The zero-order chi connectivity index (χ0) is 22.3. The van der Waals surface area contributed by atoms with Gasteiger partial charge in [-0.1, -0.05) is 13.0 Å². The first-order valence-electron chi connectivity index (χ1n) is 11.4. The Morgan fingerprint density at radius 1 is 1.09 bits per heavy atom. The first-order valence-corrected chi connectivity index (χ1v) is 12.3. The van der Waals surface area contributed by atoms with Crippen LogP contribution < -0.4 is 15.5 Å². The molecule has 0 aliphatic carbocycles. The Morgan fingerprint density at radius 3 is 2.59 bits per heavy atom. The Hall–Kier alpha value is -2.42. The van der Waals surface area contributed by atoms with E-state index in [1.807, 2.05) is 29.6 Å². The van der Waals surface area contributed by atoms with E-state index in [-0.39, 0.29) is 11.8 Å². The number of hydrogen-bond acceptors (Lipinski definition) is 6. The van der Waals surface area contributed by atoms with Gasteiger partial charge in [0.25, 0.3) is 11.8 Å². The van der Waals surface area contributed by atoms with Gasteiger partial charge in [0.2, 0.25) is 0 Å². The summed E-state index contributed by atoms with van der Waals surface area (Å²) in [6.07, 6.45) is 2.24. The summed E-state index contributed by atoms with van der Waals surface area (Å²) in [6, 6.07) is 9.32. The van der Waals surface area contributed by atoms with Crippen molar-refractivity contribution in [3.63, 3.8) is 0 Å².